The maximum Gasteiger partial charge on any atom is 0.243 e. The van der Waals surface area contributed by atoms with Crippen molar-refractivity contribution in [3.63, 3.8) is 0 Å². The molecule has 23 heavy (non-hydrogen) atoms. The van der Waals surface area contributed by atoms with Crippen LogP contribution in [0.3, 0.4) is 0 Å². The second-order valence-corrected chi connectivity index (χ2v) is 6.93. The Hall–Kier alpha value is -1.40. The number of amides is 2. The fraction of sp³-hybridized carbons (Fsp3) is 0.529. The standard InChI is InChI=1S/C17H24BrN3O2/c1-12-2-4-14(18)10-15(12)21-17(23)11-20-16(22)5-3-13-6-8-19-9-7-13/h2,4,10,13,19H,3,5-9,11H2,1H3,(H,20,22)(H,21,23). The summed E-state index contributed by atoms with van der Waals surface area (Å²) in [7, 11) is 0. The quantitative estimate of drug-likeness (QED) is 0.709. The van der Waals surface area contributed by atoms with Gasteiger partial charge in [0.25, 0.3) is 0 Å². The number of hydrogen-bond donors (Lipinski definition) is 3. The lowest BCUT2D eigenvalue weighted by Gasteiger charge is -2.22. The zero-order valence-electron chi connectivity index (χ0n) is 13.5. The number of carbonyl (C=O) groups excluding carboxylic acids is 2. The van der Waals surface area contributed by atoms with E-state index < -0.39 is 0 Å². The second kappa shape index (κ2) is 9.03. The highest BCUT2D eigenvalue weighted by Crippen LogP contribution is 2.20. The fourth-order valence-electron chi connectivity index (χ4n) is 2.70. The van der Waals surface area contributed by atoms with Crippen molar-refractivity contribution in [3.05, 3.63) is 28.2 Å². The molecule has 1 aromatic rings. The Bertz CT molecular complexity index is 557. The van der Waals surface area contributed by atoms with Gasteiger partial charge in [0, 0.05) is 16.6 Å². The van der Waals surface area contributed by atoms with Gasteiger partial charge in [0.15, 0.2) is 0 Å². The Balaban J connectivity index is 1.69. The number of benzene rings is 1. The van der Waals surface area contributed by atoms with Gasteiger partial charge >= 0.3 is 0 Å². The lowest BCUT2D eigenvalue weighted by Crippen LogP contribution is -2.33. The maximum absolute atomic E-state index is 11.9. The number of halogens is 1. The molecule has 0 aliphatic carbocycles. The normalized spacial score (nSPS) is 15.2. The van der Waals surface area contributed by atoms with Gasteiger partial charge in [-0.3, -0.25) is 9.59 Å². The molecule has 0 atom stereocenters. The van der Waals surface area contributed by atoms with E-state index in [4.69, 9.17) is 0 Å². The van der Waals surface area contributed by atoms with Crippen molar-refractivity contribution in [2.24, 2.45) is 5.92 Å². The summed E-state index contributed by atoms with van der Waals surface area (Å²) in [6.07, 6.45) is 3.67. The summed E-state index contributed by atoms with van der Waals surface area (Å²) in [6.45, 7) is 4.03. The van der Waals surface area contributed by atoms with Crippen LogP contribution in [-0.4, -0.2) is 31.4 Å². The fourth-order valence-corrected chi connectivity index (χ4v) is 3.06. The highest BCUT2D eigenvalue weighted by atomic mass is 79.9. The number of piperidine rings is 1. The van der Waals surface area contributed by atoms with Gasteiger partial charge in [0.05, 0.1) is 6.54 Å². The molecule has 1 aliphatic heterocycles. The summed E-state index contributed by atoms with van der Waals surface area (Å²) in [4.78, 5) is 23.8. The van der Waals surface area contributed by atoms with E-state index in [1.54, 1.807) is 0 Å². The molecule has 0 aromatic heterocycles. The minimum atomic E-state index is -0.207. The Morgan fingerprint density at radius 2 is 2.00 bits per heavy atom. The SMILES string of the molecule is Cc1ccc(Br)cc1NC(=O)CNC(=O)CCC1CCNCC1. The van der Waals surface area contributed by atoms with Crippen LogP contribution in [0.5, 0.6) is 0 Å². The number of anilines is 1. The van der Waals surface area contributed by atoms with Crippen LogP contribution in [0.1, 0.15) is 31.2 Å². The smallest absolute Gasteiger partial charge is 0.243 e. The van der Waals surface area contributed by atoms with Crippen molar-refractivity contribution in [1.82, 2.24) is 10.6 Å². The van der Waals surface area contributed by atoms with Crippen molar-refractivity contribution in [2.45, 2.75) is 32.6 Å². The van der Waals surface area contributed by atoms with Gasteiger partial charge in [0.2, 0.25) is 11.8 Å². The van der Waals surface area contributed by atoms with Crippen LogP contribution in [0, 0.1) is 12.8 Å². The topological polar surface area (TPSA) is 70.2 Å². The Labute approximate surface area is 145 Å². The summed E-state index contributed by atoms with van der Waals surface area (Å²) >= 11 is 3.38. The highest BCUT2D eigenvalue weighted by molar-refractivity contribution is 9.10. The molecular weight excluding hydrogens is 358 g/mol. The van der Waals surface area contributed by atoms with Gasteiger partial charge < -0.3 is 16.0 Å². The van der Waals surface area contributed by atoms with E-state index in [0.717, 1.165) is 48.1 Å². The van der Waals surface area contributed by atoms with Crippen molar-refractivity contribution in [1.29, 1.82) is 0 Å². The minimum Gasteiger partial charge on any atom is -0.347 e. The Kier molecular flexibility index (Phi) is 7.05. The molecule has 0 saturated carbocycles. The van der Waals surface area contributed by atoms with Gasteiger partial charge in [-0.1, -0.05) is 22.0 Å². The molecule has 3 N–H and O–H groups in total. The Morgan fingerprint density at radius 1 is 1.26 bits per heavy atom. The van der Waals surface area contributed by atoms with Crippen molar-refractivity contribution >= 4 is 33.4 Å². The molecule has 6 heteroatoms. The first kappa shape index (κ1) is 17.9. The zero-order valence-corrected chi connectivity index (χ0v) is 15.0. The van der Waals surface area contributed by atoms with E-state index in [1.165, 1.54) is 0 Å². The molecule has 2 amide bonds. The molecule has 1 heterocycles. The Morgan fingerprint density at radius 3 is 2.74 bits per heavy atom. The van der Waals surface area contributed by atoms with E-state index in [0.29, 0.717) is 12.3 Å². The van der Waals surface area contributed by atoms with Crippen molar-refractivity contribution < 1.29 is 9.59 Å². The van der Waals surface area contributed by atoms with Crippen LogP contribution in [0.2, 0.25) is 0 Å². The molecule has 0 bridgehead atoms. The molecule has 5 nitrogen and oxygen atoms in total. The van der Waals surface area contributed by atoms with Crippen LogP contribution in [-0.2, 0) is 9.59 Å². The third kappa shape index (κ3) is 6.31. The van der Waals surface area contributed by atoms with E-state index in [1.807, 2.05) is 25.1 Å². The number of rotatable bonds is 6. The van der Waals surface area contributed by atoms with E-state index in [2.05, 4.69) is 31.9 Å². The van der Waals surface area contributed by atoms with E-state index in [-0.39, 0.29) is 18.4 Å². The predicted octanol–water partition coefficient (Wildman–Crippen LogP) is 2.59. The third-order valence-electron chi connectivity index (χ3n) is 4.16. The zero-order chi connectivity index (χ0) is 16.7. The first-order valence-corrected chi connectivity index (χ1v) is 8.87. The predicted molar refractivity (Wildman–Crippen MR) is 95.3 cm³/mol. The molecule has 1 aliphatic rings. The van der Waals surface area contributed by atoms with Crippen LogP contribution in [0.15, 0.2) is 22.7 Å². The number of hydrogen-bond acceptors (Lipinski definition) is 3. The van der Waals surface area contributed by atoms with Crippen LogP contribution in [0.25, 0.3) is 0 Å². The first-order valence-electron chi connectivity index (χ1n) is 8.08. The van der Waals surface area contributed by atoms with Crippen LogP contribution in [0.4, 0.5) is 5.69 Å². The maximum atomic E-state index is 11.9. The van der Waals surface area contributed by atoms with E-state index >= 15 is 0 Å². The molecular formula is C17H24BrN3O2. The van der Waals surface area contributed by atoms with Gasteiger partial charge in [-0.2, -0.15) is 0 Å². The largest absolute Gasteiger partial charge is 0.347 e. The molecule has 126 valence electrons. The van der Waals surface area contributed by atoms with Crippen molar-refractivity contribution in [3.8, 4) is 0 Å². The summed E-state index contributed by atoms with van der Waals surface area (Å²) in [5.41, 5.74) is 1.74. The lowest BCUT2D eigenvalue weighted by atomic mass is 9.93. The molecule has 2 rings (SSSR count). The average molecular weight is 382 g/mol. The summed E-state index contributed by atoms with van der Waals surface area (Å²) in [5.74, 6) is 0.367. The van der Waals surface area contributed by atoms with Gasteiger partial charge in [-0.15, -0.1) is 0 Å². The van der Waals surface area contributed by atoms with Crippen LogP contribution >= 0.6 is 15.9 Å². The summed E-state index contributed by atoms with van der Waals surface area (Å²) in [5, 5.41) is 8.84. The third-order valence-corrected chi connectivity index (χ3v) is 4.65. The van der Waals surface area contributed by atoms with E-state index in [9.17, 15) is 9.59 Å². The first-order chi connectivity index (χ1) is 11.0. The molecule has 0 radical (unpaired) electrons. The second-order valence-electron chi connectivity index (χ2n) is 6.02. The number of aryl methyl sites for hydroxylation is 1. The minimum absolute atomic E-state index is 0.0109. The highest BCUT2D eigenvalue weighted by Gasteiger charge is 2.15. The molecule has 1 aromatic carbocycles. The lowest BCUT2D eigenvalue weighted by molar-refractivity contribution is -0.124. The van der Waals surface area contributed by atoms with Gasteiger partial charge in [-0.25, -0.2) is 0 Å². The van der Waals surface area contributed by atoms with Crippen molar-refractivity contribution in [2.75, 3.05) is 25.0 Å². The molecule has 0 spiro atoms. The average Bonchev–Trinajstić information content (AvgIpc) is 2.55. The van der Waals surface area contributed by atoms with Gasteiger partial charge in [-0.05, 0) is 62.9 Å². The number of carbonyl (C=O) groups is 2. The monoisotopic (exact) mass is 381 g/mol. The summed E-state index contributed by atoms with van der Waals surface area (Å²) < 4.78 is 0.907. The van der Waals surface area contributed by atoms with Gasteiger partial charge in [0.1, 0.15) is 0 Å². The number of nitrogens with one attached hydrogen (secondary N) is 3. The molecule has 0 unspecified atom stereocenters. The van der Waals surface area contributed by atoms with Crippen LogP contribution < -0.4 is 16.0 Å². The molecule has 1 fully saturated rings. The summed E-state index contributed by atoms with van der Waals surface area (Å²) in [6, 6.07) is 5.71. The molecule has 1 saturated heterocycles.